The van der Waals surface area contributed by atoms with E-state index in [0.717, 1.165) is 43.3 Å². The summed E-state index contributed by atoms with van der Waals surface area (Å²) in [6.07, 6.45) is 4.92. The Kier molecular flexibility index (Phi) is 8.12. The molecule has 0 aliphatic rings. The van der Waals surface area contributed by atoms with Gasteiger partial charge in [0.1, 0.15) is 12.0 Å². The van der Waals surface area contributed by atoms with Gasteiger partial charge in [-0.15, -0.1) is 0 Å². The number of hydrogen-bond donors (Lipinski definition) is 0. The van der Waals surface area contributed by atoms with Crippen molar-refractivity contribution in [3.8, 4) is 23.0 Å². The third-order valence-corrected chi connectivity index (χ3v) is 4.87. The number of ether oxygens (including phenoxy) is 3. The first-order chi connectivity index (χ1) is 13.8. The van der Waals surface area contributed by atoms with Crippen LogP contribution in [-0.2, 0) is 11.8 Å². The van der Waals surface area contributed by atoms with E-state index in [0.29, 0.717) is 29.4 Å². The lowest BCUT2D eigenvalue weighted by atomic mass is 9.85. The average Bonchev–Trinajstić information content (AvgIpc) is 2.71. The van der Waals surface area contributed by atoms with Crippen LogP contribution in [0.25, 0.3) is 0 Å². The zero-order valence-electron chi connectivity index (χ0n) is 18.6. The number of hydrogen-bond acceptors (Lipinski definition) is 4. The number of carbonyl (C=O) groups excluding carboxylic acids is 1. The van der Waals surface area contributed by atoms with Crippen LogP contribution >= 0.6 is 0 Å². The van der Waals surface area contributed by atoms with Crippen LogP contribution in [0.3, 0.4) is 0 Å². The summed E-state index contributed by atoms with van der Waals surface area (Å²) in [5.74, 6) is 2.30. The summed E-state index contributed by atoms with van der Waals surface area (Å²) < 4.78 is 17.9. The Hall–Kier alpha value is -2.49. The predicted octanol–water partition coefficient (Wildman–Crippen LogP) is 6.73. The Balaban J connectivity index is 2.49. The second kappa shape index (κ2) is 10.3. The maximum Gasteiger partial charge on any atom is 0.204 e. The summed E-state index contributed by atoms with van der Waals surface area (Å²) in [6, 6.07) is 9.66. The molecule has 2 aromatic rings. The van der Waals surface area contributed by atoms with Gasteiger partial charge in [-0.2, -0.15) is 0 Å². The molecular weight excluding hydrogens is 364 g/mol. The van der Waals surface area contributed by atoms with Gasteiger partial charge in [0.05, 0.1) is 13.7 Å². The summed E-state index contributed by atoms with van der Waals surface area (Å²) in [4.78, 5) is 11.4. The fourth-order valence-corrected chi connectivity index (χ4v) is 3.15. The van der Waals surface area contributed by atoms with E-state index in [-0.39, 0.29) is 5.41 Å². The molecule has 0 atom stereocenters. The highest BCUT2D eigenvalue weighted by Gasteiger charge is 2.22. The second-order valence-electron chi connectivity index (χ2n) is 8.26. The lowest BCUT2D eigenvalue weighted by Gasteiger charge is -2.24. The van der Waals surface area contributed by atoms with E-state index in [4.69, 9.17) is 14.2 Å². The van der Waals surface area contributed by atoms with Crippen LogP contribution in [0.1, 0.15) is 75.4 Å². The zero-order valence-corrected chi connectivity index (χ0v) is 18.6. The SMILES string of the molecule is CCCCCOc1c(OC)cc(C=O)cc1Oc1ccc(CC)cc1C(C)(C)C. The topological polar surface area (TPSA) is 44.8 Å². The van der Waals surface area contributed by atoms with Crippen molar-refractivity contribution in [1.82, 2.24) is 0 Å². The molecule has 29 heavy (non-hydrogen) atoms. The third kappa shape index (κ3) is 5.99. The fourth-order valence-electron chi connectivity index (χ4n) is 3.15. The number of aryl methyl sites for hydroxylation is 1. The van der Waals surface area contributed by atoms with E-state index in [9.17, 15) is 4.79 Å². The van der Waals surface area contributed by atoms with Crippen LogP contribution in [0.15, 0.2) is 30.3 Å². The quantitative estimate of drug-likeness (QED) is 0.329. The van der Waals surface area contributed by atoms with Gasteiger partial charge in [-0.05, 0) is 42.0 Å². The minimum Gasteiger partial charge on any atom is -0.493 e. The zero-order chi connectivity index (χ0) is 21.4. The number of rotatable bonds is 10. The van der Waals surface area contributed by atoms with Gasteiger partial charge in [0.25, 0.3) is 0 Å². The van der Waals surface area contributed by atoms with Crippen LogP contribution in [0.2, 0.25) is 0 Å². The molecular formula is C25H34O4. The molecule has 0 radical (unpaired) electrons. The van der Waals surface area contributed by atoms with Crippen LogP contribution in [0, 0.1) is 0 Å². The second-order valence-corrected chi connectivity index (χ2v) is 8.26. The summed E-state index contributed by atoms with van der Waals surface area (Å²) in [5.41, 5.74) is 2.77. The average molecular weight is 399 g/mol. The number of carbonyl (C=O) groups is 1. The molecule has 158 valence electrons. The monoisotopic (exact) mass is 398 g/mol. The van der Waals surface area contributed by atoms with Gasteiger partial charge in [-0.3, -0.25) is 4.79 Å². The molecule has 4 nitrogen and oxygen atoms in total. The minimum atomic E-state index is -0.0883. The first kappa shape index (κ1) is 22.8. The summed E-state index contributed by atoms with van der Waals surface area (Å²) in [7, 11) is 1.57. The van der Waals surface area contributed by atoms with Crippen molar-refractivity contribution in [3.05, 3.63) is 47.0 Å². The molecule has 0 aliphatic heterocycles. The van der Waals surface area contributed by atoms with Crippen molar-refractivity contribution in [2.24, 2.45) is 0 Å². The maximum absolute atomic E-state index is 11.4. The van der Waals surface area contributed by atoms with Crippen molar-refractivity contribution in [3.63, 3.8) is 0 Å². The van der Waals surface area contributed by atoms with Crippen molar-refractivity contribution in [2.75, 3.05) is 13.7 Å². The molecule has 0 spiro atoms. The fraction of sp³-hybridized carbons (Fsp3) is 0.480. The molecule has 2 rings (SSSR count). The van der Waals surface area contributed by atoms with E-state index < -0.39 is 0 Å². The van der Waals surface area contributed by atoms with E-state index >= 15 is 0 Å². The molecule has 0 saturated heterocycles. The lowest BCUT2D eigenvalue weighted by Crippen LogP contribution is -2.13. The van der Waals surface area contributed by atoms with Crippen LogP contribution in [0.5, 0.6) is 23.0 Å². The van der Waals surface area contributed by atoms with Crippen molar-refractivity contribution >= 4 is 6.29 Å². The summed E-state index contributed by atoms with van der Waals surface area (Å²) in [6.45, 7) is 11.4. The smallest absolute Gasteiger partial charge is 0.204 e. The molecule has 0 bridgehead atoms. The highest BCUT2D eigenvalue weighted by molar-refractivity contribution is 5.78. The van der Waals surface area contributed by atoms with Crippen molar-refractivity contribution in [1.29, 1.82) is 0 Å². The van der Waals surface area contributed by atoms with Gasteiger partial charge >= 0.3 is 0 Å². The normalized spacial score (nSPS) is 11.2. The summed E-state index contributed by atoms with van der Waals surface area (Å²) >= 11 is 0. The molecule has 0 saturated carbocycles. The van der Waals surface area contributed by atoms with Crippen LogP contribution < -0.4 is 14.2 Å². The van der Waals surface area contributed by atoms with Gasteiger partial charge in [-0.25, -0.2) is 0 Å². The highest BCUT2D eigenvalue weighted by atomic mass is 16.5. The molecule has 0 fully saturated rings. The third-order valence-electron chi connectivity index (χ3n) is 4.87. The van der Waals surface area contributed by atoms with Crippen molar-refractivity contribution < 1.29 is 19.0 Å². The molecule has 0 aromatic heterocycles. The Morgan fingerprint density at radius 3 is 2.28 bits per heavy atom. The van der Waals surface area contributed by atoms with Gasteiger partial charge in [0.2, 0.25) is 5.75 Å². The maximum atomic E-state index is 11.4. The first-order valence-corrected chi connectivity index (χ1v) is 10.4. The number of unbranched alkanes of at least 4 members (excludes halogenated alkanes) is 2. The van der Waals surface area contributed by atoms with E-state index in [1.165, 1.54) is 5.56 Å². The van der Waals surface area contributed by atoms with Crippen LogP contribution in [-0.4, -0.2) is 20.0 Å². The lowest BCUT2D eigenvalue weighted by molar-refractivity contribution is 0.112. The molecule has 0 unspecified atom stereocenters. The highest BCUT2D eigenvalue weighted by Crippen LogP contribution is 2.43. The Bertz CT molecular complexity index is 818. The van der Waals surface area contributed by atoms with Crippen LogP contribution in [0.4, 0.5) is 0 Å². The number of aldehydes is 1. The Morgan fingerprint density at radius 1 is 0.966 bits per heavy atom. The van der Waals surface area contributed by atoms with E-state index in [1.54, 1.807) is 19.2 Å². The van der Waals surface area contributed by atoms with Gasteiger partial charge in [0, 0.05) is 11.1 Å². The van der Waals surface area contributed by atoms with Gasteiger partial charge in [-0.1, -0.05) is 59.6 Å². The molecule has 2 aromatic carbocycles. The first-order valence-electron chi connectivity index (χ1n) is 10.4. The van der Waals surface area contributed by atoms with Gasteiger partial charge in [0.15, 0.2) is 11.5 Å². The minimum absolute atomic E-state index is 0.0883. The van der Waals surface area contributed by atoms with Gasteiger partial charge < -0.3 is 14.2 Å². The number of methoxy groups -OCH3 is 1. The molecule has 0 N–H and O–H groups in total. The number of benzene rings is 2. The van der Waals surface area contributed by atoms with E-state index in [1.807, 2.05) is 6.07 Å². The molecule has 0 amide bonds. The Morgan fingerprint density at radius 2 is 1.69 bits per heavy atom. The largest absolute Gasteiger partial charge is 0.493 e. The summed E-state index contributed by atoms with van der Waals surface area (Å²) in [5, 5.41) is 0. The molecule has 0 heterocycles. The molecule has 0 aliphatic carbocycles. The molecule has 4 heteroatoms. The Labute approximate surface area is 175 Å². The van der Waals surface area contributed by atoms with Crippen molar-refractivity contribution in [2.45, 2.75) is 65.7 Å². The van der Waals surface area contributed by atoms with E-state index in [2.05, 4.69) is 46.8 Å². The predicted molar refractivity (Wildman–Crippen MR) is 118 cm³/mol. The standard InChI is InChI=1S/C25H34O4/c1-7-9-10-13-28-24-22(27-6)15-19(17-26)16-23(24)29-21-12-11-18(8-2)14-20(21)25(3,4)5/h11-12,14-17H,7-10,13H2,1-6H3.